The molecular formula is C18H16FN5. The van der Waals surface area contributed by atoms with Crippen LogP contribution in [0.25, 0.3) is 16.6 Å². The van der Waals surface area contributed by atoms with Gasteiger partial charge in [-0.1, -0.05) is 6.07 Å². The second-order valence-corrected chi connectivity index (χ2v) is 5.77. The van der Waals surface area contributed by atoms with E-state index in [9.17, 15) is 4.39 Å². The summed E-state index contributed by atoms with van der Waals surface area (Å²) in [5, 5.41) is 5.34. The van der Waals surface area contributed by atoms with Gasteiger partial charge >= 0.3 is 0 Å². The van der Waals surface area contributed by atoms with Crippen LogP contribution in [0.4, 0.5) is 4.39 Å². The summed E-state index contributed by atoms with van der Waals surface area (Å²) in [5.74, 6) is -0.290. The molecule has 0 unspecified atom stereocenters. The van der Waals surface area contributed by atoms with Gasteiger partial charge in [-0.15, -0.1) is 0 Å². The van der Waals surface area contributed by atoms with Crippen molar-refractivity contribution in [2.24, 2.45) is 0 Å². The van der Waals surface area contributed by atoms with Crippen molar-refractivity contribution in [2.45, 2.75) is 20.4 Å². The van der Waals surface area contributed by atoms with Crippen molar-refractivity contribution in [1.82, 2.24) is 24.3 Å². The van der Waals surface area contributed by atoms with Crippen LogP contribution >= 0.6 is 0 Å². The fourth-order valence-corrected chi connectivity index (χ4v) is 3.02. The van der Waals surface area contributed by atoms with Crippen molar-refractivity contribution < 1.29 is 4.39 Å². The van der Waals surface area contributed by atoms with Crippen molar-refractivity contribution in [3.05, 3.63) is 72.0 Å². The molecule has 24 heavy (non-hydrogen) atoms. The lowest BCUT2D eigenvalue weighted by Crippen LogP contribution is -2.05. The van der Waals surface area contributed by atoms with Gasteiger partial charge in [-0.05, 0) is 38.1 Å². The van der Waals surface area contributed by atoms with Crippen LogP contribution in [0.1, 0.15) is 17.1 Å². The molecule has 5 nitrogen and oxygen atoms in total. The number of aryl methyl sites for hydroxylation is 2. The second-order valence-electron chi connectivity index (χ2n) is 5.77. The van der Waals surface area contributed by atoms with E-state index in [-0.39, 0.29) is 5.82 Å². The first-order valence-electron chi connectivity index (χ1n) is 7.70. The van der Waals surface area contributed by atoms with Crippen molar-refractivity contribution in [2.75, 3.05) is 0 Å². The van der Waals surface area contributed by atoms with E-state index < -0.39 is 0 Å². The molecule has 0 bridgehead atoms. The predicted octanol–water partition coefficient (Wildman–Crippen LogP) is 3.42. The predicted molar refractivity (Wildman–Crippen MR) is 89.6 cm³/mol. The summed E-state index contributed by atoms with van der Waals surface area (Å²) < 4.78 is 18.1. The monoisotopic (exact) mass is 321 g/mol. The van der Waals surface area contributed by atoms with Crippen molar-refractivity contribution in [1.29, 1.82) is 0 Å². The first-order chi connectivity index (χ1) is 11.6. The number of benzene rings is 1. The maximum atomic E-state index is 14.6. The minimum absolute atomic E-state index is 0.290. The quantitative estimate of drug-likeness (QED) is 0.581. The summed E-state index contributed by atoms with van der Waals surface area (Å²) in [6, 6.07) is 9.03. The van der Waals surface area contributed by atoms with Crippen LogP contribution in [0, 0.1) is 19.7 Å². The SMILES string of the molecule is Cc1cccc(Cn2nc(C)c3c(-n4ccnc4)ccc(F)c32)n1. The summed E-state index contributed by atoms with van der Waals surface area (Å²) in [7, 11) is 0. The maximum Gasteiger partial charge on any atom is 0.149 e. The fraction of sp³-hybridized carbons (Fsp3) is 0.167. The molecule has 0 atom stereocenters. The van der Waals surface area contributed by atoms with Crippen molar-refractivity contribution >= 4 is 10.9 Å². The third-order valence-corrected chi connectivity index (χ3v) is 4.04. The second kappa shape index (κ2) is 5.56. The summed E-state index contributed by atoms with van der Waals surface area (Å²) in [6.45, 7) is 4.26. The van der Waals surface area contributed by atoms with Gasteiger partial charge in [0.05, 0.1) is 29.9 Å². The number of nitrogens with zero attached hydrogens (tertiary/aromatic N) is 5. The molecule has 4 aromatic rings. The van der Waals surface area contributed by atoms with E-state index in [4.69, 9.17) is 0 Å². The van der Waals surface area contributed by atoms with Gasteiger partial charge in [0, 0.05) is 23.5 Å². The van der Waals surface area contributed by atoms with Gasteiger partial charge in [0.25, 0.3) is 0 Å². The van der Waals surface area contributed by atoms with Gasteiger partial charge in [0.15, 0.2) is 0 Å². The number of hydrogen-bond donors (Lipinski definition) is 0. The molecule has 0 N–H and O–H groups in total. The average Bonchev–Trinajstić information content (AvgIpc) is 3.18. The average molecular weight is 321 g/mol. The Bertz CT molecular complexity index is 1020. The number of aromatic nitrogens is 5. The molecule has 3 heterocycles. The molecule has 0 radical (unpaired) electrons. The van der Waals surface area contributed by atoms with Gasteiger partial charge in [0.2, 0.25) is 0 Å². The van der Waals surface area contributed by atoms with Gasteiger partial charge in [0.1, 0.15) is 11.3 Å². The normalized spacial score (nSPS) is 11.3. The molecular weight excluding hydrogens is 305 g/mol. The van der Waals surface area contributed by atoms with Crippen LogP contribution in [0.15, 0.2) is 49.1 Å². The van der Waals surface area contributed by atoms with Gasteiger partial charge in [-0.3, -0.25) is 9.67 Å². The summed E-state index contributed by atoms with van der Waals surface area (Å²) in [6.07, 6.45) is 5.24. The first kappa shape index (κ1) is 14.6. The molecule has 0 aliphatic carbocycles. The highest BCUT2D eigenvalue weighted by molar-refractivity contribution is 5.90. The van der Waals surface area contributed by atoms with Crippen LogP contribution in [0.5, 0.6) is 0 Å². The Hall–Kier alpha value is -3.02. The molecule has 0 fully saturated rings. The molecule has 0 spiro atoms. The number of rotatable bonds is 3. The van der Waals surface area contributed by atoms with Gasteiger partial charge in [-0.2, -0.15) is 5.10 Å². The van der Waals surface area contributed by atoms with E-state index in [0.717, 1.165) is 28.2 Å². The maximum absolute atomic E-state index is 14.6. The number of pyridine rings is 1. The molecule has 3 aromatic heterocycles. The number of fused-ring (bicyclic) bond motifs is 1. The summed E-state index contributed by atoms with van der Waals surface area (Å²) in [5.41, 5.74) is 3.92. The Morgan fingerprint density at radius 3 is 2.75 bits per heavy atom. The summed E-state index contributed by atoms with van der Waals surface area (Å²) in [4.78, 5) is 8.56. The largest absolute Gasteiger partial charge is 0.306 e. The molecule has 4 rings (SSSR count). The van der Waals surface area contributed by atoms with E-state index in [1.807, 2.05) is 42.8 Å². The van der Waals surface area contributed by atoms with Gasteiger partial charge < -0.3 is 4.57 Å². The van der Waals surface area contributed by atoms with Crippen LogP contribution in [0.2, 0.25) is 0 Å². The summed E-state index contributed by atoms with van der Waals surface area (Å²) >= 11 is 0. The minimum atomic E-state index is -0.290. The van der Waals surface area contributed by atoms with E-state index in [1.54, 1.807) is 23.3 Å². The zero-order chi connectivity index (χ0) is 16.7. The van der Waals surface area contributed by atoms with E-state index >= 15 is 0 Å². The van der Waals surface area contributed by atoms with Gasteiger partial charge in [-0.25, -0.2) is 9.37 Å². The number of hydrogen-bond acceptors (Lipinski definition) is 3. The lowest BCUT2D eigenvalue weighted by molar-refractivity contribution is 0.612. The Kier molecular flexibility index (Phi) is 3.37. The van der Waals surface area contributed by atoms with Crippen LogP contribution in [0.3, 0.4) is 0 Å². The Morgan fingerprint density at radius 2 is 2.00 bits per heavy atom. The molecule has 0 amide bonds. The standard InChI is InChI=1S/C18H16FN5/c1-12-4-3-5-14(21-12)10-24-18-15(19)6-7-16(17(18)13(2)22-24)23-9-8-20-11-23/h3-9,11H,10H2,1-2H3. The lowest BCUT2D eigenvalue weighted by atomic mass is 10.1. The molecule has 1 aromatic carbocycles. The third-order valence-electron chi connectivity index (χ3n) is 4.04. The highest BCUT2D eigenvalue weighted by Gasteiger charge is 2.17. The van der Waals surface area contributed by atoms with E-state index in [1.165, 1.54) is 6.07 Å². The van der Waals surface area contributed by atoms with Crippen molar-refractivity contribution in [3.63, 3.8) is 0 Å². The van der Waals surface area contributed by atoms with E-state index in [0.29, 0.717) is 12.1 Å². The highest BCUT2D eigenvalue weighted by Crippen LogP contribution is 2.28. The Morgan fingerprint density at radius 1 is 1.12 bits per heavy atom. The fourth-order valence-electron chi connectivity index (χ4n) is 3.02. The molecule has 0 aliphatic rings. The van der Waals surface area contributed by atoms with E-state index in [2.05, 4.69) is 15.1 Å². The molecule has 0 aliphatic heterocycles. The van der Waals surface area contributed by atoms with Crippen LogP contribution < -0.4 is 0 Å². The number of imidazole rings is 1. The first-order valence-corrected chi connectivity index (χ1v) is 7.70. The molecule has 6 heteroatoms. The third kappa shape index (κ3) is 2.36. The molecule has 0 saturated heterocycles. The molecule has 120 valence electrons. The van der Waals surface area contributed by atoms with Crippen LogP contribution in [-0.2, 0) is 6.54 Å². The minimum Gasteiger partial charge on any atom is -0.306 e. The smallest absolute Gasteiger partial charge is 0.149 e. The Labute approximate surface area is 138 Å². The lowest BCUT2D eigenvalue weighted by Gasteiger charge is -2.08. The topological polar surface area (TPSA) is 48.5 Å². The number of halogens is 1. The Balaban J connectivity index is 1.90. The highest BCUT2D eigenvalue weighted by atomic mass is 19.1. The van der Waals surface area contributed by atoms with Crippen molar-refractivity contribution in [3.8, 4) is 5.69 Å². The van der Waals surface area contributed by atoms with Crippen LogP contribution in [-0.4, -0.2) is 24.3 Å². The zero-order valence-corrected chi connectivity index (χ0v) is 13.4. The zero-order valence-electron chi connectivity index (χ0n) is 13.4. The molecule has 0 saturated carbocycles.